The molecule has 12 heteroatoms. The number of rotatable bonds is 16. The zero-order valence-corrected chi connectivity index (χ0v) is 25.2. The first-order valence-electron chi connectivity index (χ1n) is 15.2. The van der Waals surface area contributed by atoms with Crippen LogP contribution in [0.4, 0.5) is 0 Å². The van der Waals surface area contributed by atoms with E-state index in [9.17, 15) is 9.59 Å². The molecule has 1 fully saturated rings. The predicted octanol–water partition coefficient (Wildman–Crippen LogP) is 2.74. The lowest BCUT2D eigenvalue weighted by Crippen LogP contribution is -2.40. The fourth-order valence-corrected chi connectivity index (χ4v) is 5.82. The molecular weight excluding hydrogens is 546 g/mol. The number of imidazole rings is 1. The molecule has 1 aliphatic rings. The number of nitrogens with two attached hydrogens (primary N) is 3. The number of hydrogen-bond donors (Lipinski definition) is 5. The van der Waals surface area contributed by atoms with Crippen LogP contribution in [0.5, 0.6) is 0 Å². The molecule has 8 N–H and O–H groups in total. The monoisotopic (exact) mass is 591 g/mol. The Morgan fingerprint density at radius 2 is 1.91 bits per heavy atom. The molecular formula is C31H45N9O3. The summed E-state index contributed by atoms with van der Waals surface area (Å²) in [5.41, 5.74) is 21.0. The zero-order valence-electron chi connectivity index (χ0n) is 25.2. The zero-order chi connectivity index (χ0) is 30.8. The Morgan fingerprint density at radius 1 is 1.16 bits per heavy atom. The fourth-order valence-electron chi connectivity index (χ4n) is 5.82. The van der Waals surface area contributed by atoms with Crippen molar-refractivity contribution in [2.75, 3.05) is 6.54 Å². The molecule has 0 unspecified atom stereocenters. The minimum absolute atomic E-state index is 0.00169. The Balaban J connectivity index is 1.52. The number of benzene rings is 1. The molecule has 3 atom stereocenters. The molecule has 43 heavy (non-hydrogen) atoms. The summed E-state index contributed by atoms with van der Waals surface area (Å²) in [6.45, 7) is 4.41. The molecule has 1 aromatic carbocycles. The molecule has 0 saturated heterocycles. The maximum absolute atomic E-state index is 14.0. The molecule has 0 aliphatic heterocycles. The summed E-state index contributed by atoms with van der Waals surface area (Å²) in [5, 5.41) is 7.36. The quantitative estimate of drug-likeness (QED) is 0.0942. The molecule has 0 radical (unpaired) electrons. The first-order chi connectivity index (χ1) is 20.7. The van der Waals surface area contributed by atoms with Gasteiger partial charge in [0.25, 0.3) is 0 Å². The van der Waals surface area contributed by atoms with E-state index in [-0.39, 0.29) is 24.1 Å². The van der Waals surface area contributed by atoms with Gasteiger partial charge in [-0.25, -0.2) is 4.98 Å². The Kier molecular flexibility index (Phi) is 11.4. The standard InChI is InChI=1S/C31H45N9O3/c1-19-7-5-8-20(2)24(19)14-22(15-27(41)25(32)11-6-12-36-31(33)34)29(42)38-26(16-23-17-35-18-37-23)30-39-28(40-43-30)13-21-9-3-4-10-21/h5,7-8,17-18,21-22,25-26H,3-4,6,9-16,32H2,1-2H3,(H,35,37)(H,38,42)(H4,33,34,36)/t22-,25-,26+/m1/s1. The van der Waals surface area contributed by atoms with Gasteiger partial charge < -0.3 is 32.0 Å². The first-order valence-corrected chi connectivity index (χ1v) is 15.2. The van der Waals surface area contributed by atoms with Gasteiger partial charge in [0.2, 0.25) is 11.8 Å². The van der Waals surface area contributed by atoms with Gasteiger partial charge in [0.1, 0.15) is 11.8 Å². The van der Waals surface area contributed by atoms with Crippen molar-refractivity contribution in [3.05, 3.63) is 64.8 Å². The van der Waals surface area contributed by atoms with E-state index in [1.807, 2.05) is 32.0 Å². The van der Waals surface area contributed by atoms with E-state index >= 15 is 0 Å². The molecule has 1 amide bonds. The Morgan fingerprint density at radius 3 is 2.58 bits per heavy atom. The Bertz CT molecular complexity index is 1340. The summed E-state index contributed by atoms with van der Waals surface area (Å²) < 4.78 is 5.69. The lowest BCUT2D eigenvalue weighted by molar-refractivity contribution is -0.130. The van der Waals surface area contributed by atoms with Gasteiger partial charge in [-0.3, -0.25) is 14.6 Å². The van der Waals surface area contributed by atoms with Crippen molar-refractivity contribution in [3.8, 4) is 0 Å². The van der Waals surface area contributed by atoms with E-state index in [4.69, 9.17) is 21.7 Å². The molecule has 3 aromatic rings. The number of hydrogen-bond acceptors (Lipinski definition) is 8. The van der Waals surface area contributed by atoms with E-state index in [1.54, 1.807) is 12.5 Å². The normalized spacial score (nSPS) is 15.6. The third-order valence-electron chi connectivity index (χ3n) is 8.32. The molecule has 232 valence electrons. The number of Topliss-reactive ketones (excluding diaryl/α,β-unsaturated/α-hetero) is 1. The molecule has 2 heterocycles. The molecule has 0 spiro atoms. The summed E-state index contributed by atoms with van der Waals surface area (Å²) >= 11 is 0. The van der Waals surface area contributed by atoms with Gasteiger partial charge in [-0.2, -0.15) is 4.98 Å². The highest BCUT2D eigenvalue weighted by Gasteiger charge is 2.30. The van der Waals surface area contributed by atoms with Crippen LogP contribution in [0.25, 0.3) is 0 Å². The van der Waals surface area contributed by atoms with E-state index in [0.717, 1.165) is 28.8 Å². The van der Waals surface area contributed by atoms with Crippen LogP contribution < -0.4 is 22.5 Å². The average molecular weight is 592 g/mol. The van der Waals surface area contributed by atoms with Crippen molar-refractivity contribution in [1.29, 1.82) is 0 Å². The number of guanidine groups is 1. The van der Waals surface area contributed by atoms with Gasteiger partial charge in [-0.1, -0.05) is 49.0 Å². The van der Waals surface area contributed by atoms with Crippen molar-refractivity contribution in [2.24, 2.45) is 34.0 Å². The van der Waals surface area contributed by atoms with Crippen LogP contribution in [-0.4, -0.2) is 50.3 Å². The minimum Gasteiger partial charge on any atom is -0.370 e. The summed E-state index contributed by atoms with van der Waals surface area (Å²) in [4.78, 5) is 43.1. The first kappa shape index (κ1) is 31.9. The van der Waals surface area contributed by atoms with Gasteiger partial charge in [0.05, 0.1) is 12.4 Å². The molecule has 1 saturated carbocycles. The lowest BCUT2D eigenvalue weighted by atomic mass is 9.87. The van der Waals surface area contributed by atoms with E-state index in [1.165, 1.54) is 25.7 Å². The second kappa shape index (κ2) is 15.4. The molecule has 2 aromatic heterocycles. The van der Waals surface area contributed by atoms with Crippen molar-refractivity contribution < 1.29 is 14.1 Å². The van der Waals surface area contributed by atoms with Gasteiger partial charge >= 0.3 is 0 Å². The minimum atomic E-state index is -0.725. The number of ketones is 1. The fraction of sp³-hybridized carbons (Fsp3) is 0.548. The number of aromatic amines is 1. The highest BCUT2D eigenvalue weighted by atomic mass is 16.5. The smallest absolute Gasteiger partial charge is 0.249 e. The number of nitrogens with one attached hydrogen (secondary N) is 2. The summed E-state index contributed by atoms with van der Waals surface area (Å²) in [5.74, 6) is 0.441. The van der Waals surface area contributed by atoms with E-state index < -0.39 is 18.0 Å². The van der Waals surface area contributed by atoms with Crippen LogP contribution in [0.15, 0.2) is 40.2 Å². The molecule has 12 nitrogen and oxygen atoms in total. The maximum Gasteiger partial charge on any atom is 0.249 e. The number of aliphatic imine (C=N–C) groups is 1. The molecule has 4 rings (SSSR count). The average Bonchev–Trinajstić information content (AvgIpc) is 3.76. The van der Waals surface area contributed by atoms with E-state index in [0.29, 0.717) is 49.9 Å². The van der Waals surface area contributed by atoms with Gasteiger partial charge in [0, 0.05) is 43.6 Å². The number of H-pyrrole nitrogens is 1. The van der Waals surface area contributed by atoms with Crippen molar-refractivity contribution in [3.63, 3.8) is 0 Å². The molecule has 0 bridgehead atoms. The van der Waals surface area contributed by atoms with Crippen LogP contribution in [0.3, 0.4) is 0 Å². The van der Waals surface area contributed by atoms with Crippen molar-refractivity contribution in [2.45, 2.75) is 90.1 Å². The second-order valence-corrected chi connectivity index (χ2v) is 11.7. The largest absolute Gasteiger partial charge is 0.370 e. The highest BCUT2D eigenvalue weighted by Crippen LogP contribution is 2.28. The van der Waals surface area contributed by atoms with Crippen LogP contribution in [0.2, 0.25) is 0 Å². The lowest BCUT2D eigenvalue weighted by Gasteiger charge is -2.23. The highest BCUT2D eigenvalue weighted by molar-refractivity contribution is 5.90. The van der Waals surface area contributed by atoms with Crippen LogP contribution in [0, 0.1) is 25.7 Å². The van der Waals surface area contributed by atoms with Gasteiger partial charge in [-0.05, 0) is 55.7 Å². The SMILES string of the molecule is Cc1cccc(C)c1C[C@H](CC(=O)[C@H](N)CCCN=C(N)N)C(=O)N[C@@H](Cc1cnc[nH]1)c1nc(CC2CCCC2)no1. The predicted molar refractivity (Wildman–Crippen MR) is 164 cm³/mol. The number of aromatic nitrogens is 4. The number of amides is 1. The number of aryl methyl sites for hydroxylation is 2. The summed E-state index contributed by atoms with van der Waals surface area (Å²) in [6.07, 6.45) is 10.6. The van der Waals surface area contributed by atoms with Crippen molar-refractivity contribution in [1.82, 2.24) is 25.4 Å². The van der Waals surface area contributed by atoms with Gasteiger partial charge in [-0.15, -0.1) is 0 Å². The number of carbonyl (C=O) groups excluding carboxylic acids is 2. The Labute approximate surface area is 252 Å². The third-order valence-corrected chi connectivity index (χ3v) is 8.32. The second-order valence-electron chi connectivity index (χ2n) is 11.7. The third kappa shape index (κ3) is 9.47. The Hall–Kier alpha value is -4.06. The molecule has 1 aliphatic carbocycles. The topological polar surface area (TPSA) is 204 Å². The number of nitrogens with zero attached hydrogens (tertiary/aromatic N) is 4. The van der Waals surface area contributed by atoms with Gasteiger partial charge in [0.15, 0.2) is 11.8 Å². The van der Waals surface area contributed by atoms with Crippen LogP contribution in [-0.2, 0) is 28.9 Å². The van der Waals surface area contributed by atoms with Crippen molar-refractivity contribution >= 4 is 17.6 Å². The summed E-state index contributed by atoms with van der Waals surface area (Å²) in [7, 11) is 0. The maximum atomic E-state index is 14.0. The van der Waals surface area contributed by atoms with Crippen LogP contribution in [0.1, 0.15) is 85.1 Å². The number of carbonyl (C=O) groups is 2. The van der Waals surface area contributed by atoms with E-state index in [2.05, 4.69) is 30.4 Å². The summed E-state index contributed by atoms with van der Waals surface area (Å²) in [6, 6.07) is 4.69. The van der Waals surface area contributed by atoms with Crippen LogP contribution >= 0.6 is 0 Å².